The first kappa shape index (κ1) is 9.21. The fourth-order valence-corrected chi connectivity index (χ4v) is 2.25. The Hall–Kier alpha value is -2.03. The lowest BCUT2D eigenvalue weighted by Crippen LogP contribution is -2.38. The van der Waals surface area contributed by atoms with Gasteiger partial charge in [-0.15, -0.1) is 0 Å². The predicted octanol–water partition coefficient (Wildman–Crippen LogP) is 1.99. The van der Waals surface area contributed by atoms with Crippen LogP contribution in [0.4, 0.5) is 11.4 Å². The lowest BCUT2D eigenvalue weighted by Gasteiger charge is -2.31. The van der Waals surface area contributed by atoms with E-state index >= 15 is 0 Å². The van der Waals surface area contributed by atoms with Gasteiger partial charge in [-0.05, 0) is 18.2 Å². The average Bonchev–Trinajstić information content (AvgIpc) is 2.31. The van der Waals surface area contributed by atoms with E-state index in [1.54, 1.807) is 6.07 Å². The number of benzene rings is 1. The minimum absolute atomic E-state index is 0.0774. The van der Waals surface area contributed by atoms with Gasteiger partial charge in [0.15, 0.2) is 5.78 Å². The van der Waals surface area contributed by atoms with Crippen LogP contribution in [0.3, 0.4) is 0 Å². The summed E-state index contributed by atoms with van der Waals surface area (Å²) in [4.78, 5) is 12.2. The van der Waals surface area contributed by atoms with Gasteiger partial charge in [-0.3, -0.25) is 4.79 Å². The Morgan fingerprint density at radius 3 is 2.88 bits per heavy atom. The molecule has 0 spiro atoms. The number of anilines is 2. The third-order valence-electron chi connectivity index (χ3n) is 3.07. The van der Waals surface area contributed by atoms with Gasteiger partial charge in [0.2, 0.25) is 0 Å². The molecule has 2 atom stereocenters. The maximum Gasteiger partial charge on any atom is 0.174 e. The van der Waals surface area contributed by atoms with Gasteiger partial charge in [0.1, 0.15) is 0 Å². The first-order chi connectivity index (χ1) is 7.75. The molecule has 1 aliphatic heterocycles. The maximum atomic E-state index is 12.2. The smallest absolute Gasteiger partial charge is 0.174 e. The van der Waals surface area contributed by atoms with Crippen LogP contribution in [0.5, 0.6) is 0 Å². The Balaban J connectivity index is 2.11. The number of rotatable bonds is 0. The molecule has 0 bridgehead atoms. The van der Waals surface area contributed by atoms with E-state index in [2.05, 4.69) is 5.32 Å². The lowest BCUT2D eigenvalue weighted by molar-refractivity contribution is 0.0936. The molecule has 1 heterocycles. The topological polar surface area (TPSA) is 55.1 Å². The molecule has 0 radical (unpaired) electrons. The van der Waals surface area contributed by atoms with E-state index in [0.29, 0.717) is 11.3 Å². The molecular formula is C13H12N2O. The summed E-state index contributed by atoms with van der Waals surface area (Å²) in [5.41, 5.74) is 7.90. The largest absolute Gasteiger partial charge is 0.399 e. The molecule has 1 aromatic carbocycles. The molecule has 0 amide bonds. The molecule has 2 aliphatic rings. The highest BCUT2D eigenvalue weighted by Gasteiger charge is 2.32. The summed E-state index contributed by atoms with van der Waals surface area (Å²) < 4.78 is 0. The number of fused-ring (bicyclic) bond motifs is 2. The van der Waals surface area contributed by atoms with Crippen molar-refractivity contribution >= 4 is 17.2 Å². The van der Waals surface area contributed by atoms with E-state index in [-0.39, 0.29) is 17.7 Å². The normalized spacial score (nSPS) is 25.9. The standard InChI is InChI=1S/C13H12N2O/c14-8-5-6-12-10(7-8)13(16)9-3-1-2-4-11(9)15-12/h1-7,9,11,15H,14H2. The van der Waals surface area contributed by atoms with Crippen LogP contribution in [-0.2, 0) is 0 Å². The molecule has 1 aromatic rings. The molecule has 0 saturated carbocycles. The predicted molar refractivity (Wildman–Crippen MR) is 64.4 cm³/mol. The van der Waals surface area contributed by atoms with Crippen molar-refractivity contribution in [2.24, 2.45) is 5.92 Å². The van der Waals surface area contributed by atoms with Crippen LogP contribution in [-0.4, -0.2) is 11.8 Å². The minimum atomic E-state index is -0.0979. The highest BCUT2D eigenvalue weighted by atomic mass is 16.1. The van der Waals surface area contributed by atoms with Crippen molar-refractivity contribution in [3.63, 3.8) is 0 Å². The zero-order valence-corrected chi connectivity index (χ0v) is 8.68. The Kier molecular flexibility index (Phi) is 1.86. The summed E-state index contributed by atoms with van der Waals surface area (Å²) >= 11 is 0. The number of nitrogen functional groups attached to an aromatic ring is 1. The van der Waals surface area contributed by atoms with Gasteiger partial charge >= 0.3 is 0 Å². The summed E-state index contributed by atoms with van der Waals surface area (Å²) in [6.07, 6.45) is 7.83. The number of ketones is 1. The zero-order valence-electron chi connectivity index (χ0n) is 8.68. The number of carbonyl (C=O) groups excluding carboxylic acids is 1. The zero-order chi connectivity index (χ0) is 11.1. The molecule has 3 nitrogen and oxygen atoms in total. The Morgan fingerprint density at radius 1 is 1.19 bits per heavy atom. The van der Waals surface area contributed by atoms with Crippen LogP contribution in [0.2, 0.25) is 0 Å². The van der Waals surface area contributed by atoms with Crippen molar-refractivity contribution in [1.29, 1.82) is 0 Å². The van der Waals surface area contributed by atoms with Gasteiger partial charge in [-0.25, -0.2) is 0 Å². The molecule has 0 fully saturated rings. The Bertz CT molecular complexity index is 517. The summed E-state index contributed by atoms with van der Waals surface area (Å²) in [5.74, 6) is 0.0472. The fraction of sp³-hybridized carbons (Fsp3) is 0.154. The van der Waals surface area contributed by atoms with Gasteiger partial charge in [-0.1, -0.05) is 24.3 Å². The third-order valence-corrected chi connectivity index (χ3v) is 3.07. The number of hydrogen-bond donors (Lipinski definition) is 2. The van der Waals surface area contributed by atoms with E-state index in [1.165, 1.54) is 0 Å². The minimum Gasteiger partial charge on any atom is -0.399 e. The number of allylic oxidation sites excluding steroid dienone is 2. The van der Waals surface area contributed by atoms with Gasteiger partial charge in [-0.2, -0.15) is 0 Å². The number of Topliss-reactive ketones (excluding diaryl/α,β-unsaturated/α-hetero) is 1. The highest BCUT2D eigenvalue weighted by Crippen LogP contribution is 2.32. The number of nitrogens with one attached hydrogen (secondary N) is 1. The number of hydrogen-bond acceptors (Lipinski definition) is 3. The third kappa shape index (κ3) is 1.25. The van der Waals surface area contributed by atoms with Crippen LogP contribution < -0.4 is 11.1 Å². The molecule has 3 N–H and O–H groups in total. The second-order valence-electron chi connectivity index (χ2n) is 4.13. The van der Waals surface area contributed by atoms with E-state index in [9.17, 15) is 4.79 Å². The summed E-state index contributed by atoms with van der Waals surface area (Å²) in [6.45, 7) is 0. The Labute approximate surface area is 93.6 Å². The summed E-state index contributed by atoms with van der Waals surface area (Å²) in [6, 6.07) is 5.49. The van der Waals surface area contributed by atoms with Crippen molar-refractivity contribution in [2.45, 2.75) is 6.04 Å². The van der Waals surface area contributed by atoms with Gasteiger partial charge < -0.3 is 11.1 Å². The monoisotopic (exact) mass is 212 g/mol. The maximum absolute atomic E-state index is 12.2. The number of carbonyl (C=O) groups is 1. The van der Waals surface area contributed by atoms with Crippen LogP contribution in [0.15, 0.2) is 42.5 Å². The second kappa shape index (κ2) is 3.23. The molecule has 3 heteroatoms. The van der Waals surface area contributed by atoms with E-state index in [0.717, 1.165) is 5.69 Å². The van der Waals surface area contributed by atoms with Crippen LogP contribution in [0.1, 0.15) is 10.4 Å². The molecule has 1 aliphatic carbocycles. The van der Waals surface area contributed by atoms with Gasteiger partial charge in [0.05, 0.1) is 12.0 Å². The summed E-state index contributed by atoms with van der Waals surface area (Å²) in [7, 11) is 0. The van der Waals surface area contributed by atoms with Crippen molar-refractivity contribution in [3.05, 3.63) is 48.1 Å². The highest BCUT2D eigenvalue weighted by molar-refractivity contribution is 6.07. The molecule has 16 heavy (non-hydrogen) atoms. The first-order valence-corrected chi connectivity index (χ1v) is 5.31. The average molecular weight is 212 g/mol. The fourth-order valence-electron chi connectivity index (χ4n) is 2.25. The van der Waals surface area contributed by atoms with Crippen molar-refractivity contribution in [2.75, 3.05) is 11.1 Å². The Morgan fingerprint density at radius 2 is 2.00 bits per heavy atom. The van der Waals surface area contributed by atoms with E-state index < -0.39 is 0 Å². The van der Waals surface area contributed by atoms with E-state index in [4.69, 9.17) is 5.73 Å². The van der Waals surface area contributed by atoms with Crippen molar-refractivity contribution in [3.8, 4) is 0 Å². The number of nitrogens with two attached hydrogens (primary N) is 1. The molecule has 0 aromatic heterocycles. The molecule has 80 valence electrons. The van der Waals surface area contributed by atoms with E-state index in [1.807, 2.05) is 36.4 Å². The molecule has 0 saturated heterocycles. The van der Waals surface area contributed by atoms with Crippen molar-refractivity contribution < 1.29 is 4.79 Å². The van der Waals surface area contributed by atoms with Crippen molar-refractivity contribution in [1.82, 2.24) is 0 Å². The van der Waals surface area contributed by atoms with Crippen LogP contribution in [0.25, 0.3) is 0 Å². The van der Waals surface area contributed by atoms with Crippen LogP contribution >= 0.6 is 0 Å². The van der Waals surface area contributed by atoms with Gasteiger partial charge in [0.25, 0.3) is 0 Å². The summed E-state index contributed by atoms with van der Waals surface area (Å²) in [5, 5.41) is 3.34. The lowest BCUT2D eigenvalue weighted by atomic mass is 9.83. The molecule has 2 unspecified atom stereocenters. The van der Waals surface area contributed by atoms with Gasteiger partial charge in [0, 0.05) is 16.9 Å². The molecular weight excluding hydrogens is 200 g/mol. The molecule has 3 rings (SSSR count). The second-order valence-corrected chi connectivity index (χ2v) is 4.13. The van der Waals surface area contributed by atoms with Crippen LogP contribution in [0, 0.1) is 5.92 Å². The first-order valence-electron chi connectivity index (χ1n) is 5.31. The SMILES string of the molecule is Nc1ccc2c(c1)C(=O)C1C=CC=CC1N2. The quantitative estimate of drug-likeness (QED) is 0.646.